The summed E-state index contributed by atoms with van der Waals surface area (Å²) in [6, 6.07) is 4.27. The highest BCUT2D eigenvalue weighted by Gasteiger charge is 2.17. The Balaban J connectivity index is 2.08. The summed E-state index contributed by atoms with van der Waals surface area (Å²) in [6.45, 7) is 7.12. The number of hydrogen-bond donors (Lipinski definition) is 1. The van der Waals surface area contributed by atoms with Crippen LogP contribution in [-0.4, -0.2) is 26.8 Å². The molecular weight excluding hydrogens is 224 g/mol. The van der Waals surface area contributed by atoms with Crippen LogP contribution in [0.1, 0.15) is 24.0 Å². The summed E-state index contributed by atoms with van der Waals surface area (Å²) in [4.78, 5) is 2.29. The van der Waals surface area contributed by atoms with Crippen LogP contribution in [0.25, 0.3) is 0 Å². The van der Waals surface area contributed by atoms with E-state index in [1.54, 1.807) is 0 Å². The second-order valence-electron chi connectivity index (χ2n) is 5.43. The van der Waals surface area contributed by atoms with Gasteiger partial charge in [0.2, 0.25) is 0 Å². The van der Waals surface area contributed by atoms with Gasteiger partial charge in [-0.2, -0.15) is 0 Å². The van der Waals surface area contributed by atoms with E-state index in [2.05, 4.69) is 37.9 Å². The zero-order chi connectivity index (χ0) is 13.1. The normalized spacial score (nSPS) is 16.8. The highest BCUT2D eigenvalue weighted by Crippen LogP contribution is 2.27. The van der Waals surface area contributed by atoms with Crippen molar-refractivity contribution in [3.8, 4) is 0 Å². The van der Waals surface area contributed by atoms with E-state index < -0.39 is 0 Å². The van der Waals surface area contributed by atoms with Crippen LogP contribution in [0.5, 0.6) is 0 Å². The van der Waals surface area contributed by atoms with E-state index in [-0.39, 0.29) is 0 Å². The Kier molecular flexibility index (Phi) is 4.12. The smallest absolute Gasteiger partial charge is 0.0600 e. The number of benzene rings is 1. The molecule has 1 fully saturated rings. The van der Waals surface area contributed by atoms with Gasteiger partial charge >= 0.3 is 0 Å². The average Bonchev–Trinajstić information content (AvgIpc) is 2.35. The van der Waals surface area contributed by atoms with Gasteiger partial charge in [-0.05, 0) is 55.9 Å². The fraction of sp³-hybridized carbons (Fsp3) is 0.600. The van der Waals surface area contributed by atoms with Crippen LogP contribution in [0.4, 0.5) is 11.4 Å². The van der Waals surface area contributed by atoms with Gasteiger partial charge in [0.1, 0.15) is 0 Å². The minimum atomic E-state index is 0.727. The maximum Gasteiger partial charge on any atom is 0.0600 e. The molecule has 0 unspecified atom stereocenters. The maximum absolute atomic E-state index is 6.13. The first-order valence-corrected chi connectivity index (χ1v) is 6.73. The molecule has 3 nitrogen and oxygen atoms in total. The Morgan fingerprint density at radius 2 is 1.83 bits per heavy atom. The molecule has 2 rings (SSSR count). The zero-order valence-corrected chi connectivity index (χ0v) is 11.7. The third-order valence-corrected chi connectivity index (χ3v) is 3.93. The molecule has 0 spiro atoms. The number of anilines is 2. The van der Waals surface area contributed by atoms with Crippen LogP contribution >= 0.6 is 0 Å². The number of hydrogen-bond acceptors (Lipinski definition) is 3. The second-order valence-corrected chi connectivity index (χ2v) is 5.43. The van der Waals surface area contributed by atoms with E-state index in [0.717, 1.165) is 49.9 Å². The van der Waals surface area contributed by atoms with Gasteiger partial charge in [0.05, 0.1) is 11.4 Å². The average molecular weight is 248 g/mol. The maximum atomic E-state index is 6.13. The molecule has 18 heavy (non-hydrogen) atoms. The van der Waals surface area contributed by atoms with Gasteiger partial charge in [-0.25, -0.2) is 0 Å². The quantitative estimate of drug-likeness (QED) is 0.836. The van der Waals surface area contributed by atoms with E-state index in [0.29, 0.717) is 0 Å². The van der Waals surface area contributed by atoms with Crippen LogP contribution in [0.15, 0.2) is 12.1 Å². The molecule has 0 amide bonds. The van der Waals surface area contributed by atoms with E-state index in [4.69, 9.17) is 10.5 Å². The molecule has 0 atom stereocenters. The van der Waals surface area contributed by atoms with Crippen molar-refractivity contribution in [3.05, 3.63) is 23.3 Å². The Morgan fingerprint density at radius 3 is 2.50 bits per heavy atom. The van der Waals surface area contributed by atoms with Crippen LogP contribution in [0, 0.1) is 19.8 Å². The SMILES string of the molecule is Cc1cc(N)c(N(C)CC2CCOCC2)cc1C. The van der Waals surface area contributed by atoms with Crippen LogP contribution in [-0.2, 0) is 4.74 Å². The van der Waals surface area contributed by atoms with Crippen molar-refractivity contribution < 1.29 is 4.74 Å². The second kappa shape index (κ2) is 5.61. The fourth-order valence-corrected chi connectivity index (χ4v) is 2.57. The minimum absolute atomic E-state index is 0.727. The minimum Gasteiger partial charge on any atom is -0.397 e. The lowest BCUT2D eigenvalue weighted by Gasteiger charge is -2.29. The Hall–Kier alpha value is -1.22. The van der Waals surface area contributed by atoms with E-state index in [1.807, 2.05) is 0 Å². The molecule has 0 saturated carbocycles. The molecule has 1 saturated heterocycles. The van der Waals surface area contributed by atoms with Gasteiger partial charge in [-0.1, -0.05) is 0 Å². The van der Waals surface area contributed by atoms with Gasteiger partial charge in [0, 0.05) is 26.8 Å². The molecule has 1 heterocycles. The van der Waals surface area contributed by atoms with Crippen molar-refractivity contribution >= 4 is 11.4 Å². The van der Waals surface area contributed by atoms with E-state index >= 15 is 0 Å². The van der Waals surface area contributed by atoms with Gasteiger partial charge in [-0.3, -0.25) is 0 Å². The van der Waals surface area contributed by atoms with Crippen LogP contribution in [0.2, 0.25) is 0 Å². The molecule has 3 heteroatoms. The first-order valence-electron chi connectivity index (χ1n) is 6.73. The lowest BCUT2D eigenvalue weighted by atomic mass is 9.99. The lowest BCUT2D eigenvalue weighted by Crippen LogP contribution is -2.30. The van der Waals surface area contributed by atoms with Crippen molar-refractivity contribution in [1.82, 2.24) is 0 Å². The molecule has 1 aromatic rings. The number of nitrogens with two attached hydrogens (primary N) is 1. The van der Waals surface area contributed by atoms with Crippen LogP contribution < -0.4 is 10.6 Å². The van der Waals surface area contributed by atoms with E-state index in [1.165, 1.54) is 11.1 Å². The first-order chi connectivity index (χ1) is 8.58. The first kappa shape index (κ1) is 13.2. The zero-order valence-electron chi connectivity index (χ0n) is 11.7. The number of nitrogens with zero attached hydrogens (tertiary/aromatic N) is 1. The van der Waals surface area contributed by atoms with Gasteiger partial charge in [-0.15, -0.1) is 0 Å². The summed E-state index contributed by atoms with van der Waals surface area (Å²) < 4.78 is 5.40. The standard InChI is InChI=1S/C15H24N2O/c1-11-8-14(16)15(9-12(11)2)17(3)10-13-4-6-18-7-5-13/h8-9,13H,4-7,10,16H2,1-3H3. The monoisotopic (exact) mass is 248 g/mol. The number of aryl methyl sites for hydroxylation is 2. The highest BCUT2D eigenvalue weighted by atomic mass is 16.5. The number of ether oxygens (including phenoxy) is 1. The number of rotatable bonds is 3. The molecule has 1 aliphatic rings. The fourth-order valence-electron chi connectivity index (χ4n) is 2.57. The summed E-state index contributed by atoms with van der Waals surface area (Å²) in [6.07, 6.45) is 2.32. The summed E-state index contributed by atoms with van der Waals surface area (Å²) in [5.41, 5.74) is 10.7. The van der Waals surface area contributed by atoms with Crippen molar-refractivity contribution in [2.24, 2.45) is 5.92 Å². The summed E-state index contributed by atoms with van der Waals surface area (Å²) in [5.74, 6) is 0.727. The molecule has 100 valence electrons. The molecule has 0 radical (unpaired) electrons. The van der Waals surface area contributed by atoms with Gasteiger partial charge in [0.15, 0.2) is 0 Å². The molecule has 2 N–H and O–H groups in total. The van der Waals surface area contributed by atoms with Crippen molar-refractivity contribution in [1.29, 1.82) is 0 Å². The third-order valence-electron chi connectivity index (χ3n) is 3.93. The Bertz CT molecular complexity index is 411. The topological polar surface area (TPSA) is 38.5 Å². The summed E-state index contributed by atoms with van der Waals surface area (Å²) >= 11 is 0. The van der Waals surface area contributed by atoms with Gasteiger partial charge in [0.25, 0.3) is 0 Å². The van der Waals surface area contributed by atoms with E-state index in [9.17, 15) is 0 Å². The molecule has 0 bridgehead atoms. The molecule has 0 aromatic heterocycles. The summed E-state index contributed by atoms with van der Waals surface area (Å²) in [5, 5.41) is 0. The third kappa shape index (κ3) is 2.96. The predicted molar refractivity (Wildman–Crippen MR) is 77.1 cm³/mol. The van der Waals surface area contributed by atoms with Crippen LogP contribution in [0.3, 0.4) is 0 Å². The summed E-state index contributed by atoms with van der Waals surface area (Å²) in [7, 11) is 2.13. The number of nitrogen functional groups attached to an aromatic ring is 1. The molecule has 1 aliphatic heterocycles. The highest BCUT2D eigenvalue weighted by molar-refractivity contribution is 5.69. The van der Waals surface area contributed by atoms with Crippen molar-refractivity contribution in [2.45, 2.75) is 26.7 Å². The molecule has 0 aliphatic carbocycles. The largest absolute Gasteiger partial charge is 0.397 e. The van der Waals surface area contributed by atoms with Crippen molar-refractivity contribution in [2.75, 3.05) is 37.4 Å². The van der Waals surface area contributed by atoms with Crippen molar-refractivity contribution in [3.63, 3.8) is 0 Å². The lowest BCUT2D eigenvalue weighted by molar-refractivity contribution is 0.0685. The predicted octanol–water partition coefficient (Wildman–Crippen LogP) is 2.75. The molecular formula is C15H24N2O. The molecule has 1 aromatic carbocycles. The Morgan fingerprint density at radius 1 is 1.22 bits per heavy atom. The Labute approximate surface area is 110 Å². The van der Waals surface area contributed by atoms with Gasteiger partial charge < -0.3 is 15.4 Å².